The van der Waals surface area contributed by atoms with E-state index in [1.165, 1.54) is 6.92 Å². The molecule has 6 heteroatoms. The molecule has 0 unspecified atom stereocenters. The summed E-state index contributed by atoms with van der Waals surface area (Å²) in [7, 11) is 0. The van der Waals surface area contributed by atoms with Crippen molar-refractivity contribution in [3.8, 4) is 0 Å². The van der Waals surface area contributed by atoms with Gasteiger partial charge in [-0.3, -0.25) is 0 Å². The summed E-state index contributed by atoms with van der Waals surface area (Å²) in [5, 5.41) is 0. The van der Waals surface area contributed by atoms with Gasteiger partial charge >= 0.3 is 12.1 Å². The Morgan fingerprint density at radius 2 is 2.08 bits per heavy atom. The Labute approximate surface area is 72.8 Å². The molecule has 1 fully saturated rings. The molecule has 1 aliphatic heterocycles. The van der Waals surface area contributed by atoms with Gasteiger partial charge in [-0.1, -0.05) is 0 Å². The molecule has 0 aromatic carbocycles. The Morgan fingerprint density at radius 3 is 2.38 bits per heavy atom. The van der Waals surface area contributed by atoms with Gasteiger partial charge in [0, 0.05) is 0 Å². The van der Waals surface area contributed by atoms with Crippen molar-refractivity contribution in [3.63, 3.8) is 0 Å². The number of hydrogen-bond donors (Lipinski definition) is 0. The van der Waals surface area contributed by atoms with Gasteiger partial charge in [0.2, 0.25) is 0 Å². The zero-order valence-corrected chi connectivity index (χ0v) is 7.14. The van der Waals surface area contributed by atoms with Crippen molar-refractivity contribution in [3.05, 3.63) is 0 Å². The zero-order chi connectivity index (χ0) is 10.3. The summed E-state index contributed by atoms with van der Waals surface area (Å²) in [6, 6.07) is 0. The quantitative estimate of drug-likeness (QED) is 0.495. The summed E-state index contributed by atoms with van der Waals surface area (Å²) in [5.41, 5.74) is -0.735. The maximum atomic E-state index is 11.7. The second-order valence-electron chi connectivity index (χ2n) is 3.15. The first kappa shape index (κ1) is 10.3. The third-order valence-corrected chi connectivity index (χ3v) is 1.97. The van der Waals surface area contributed by atoms with Gasteiger partial charge in [-0.25, -0.2) is 4.79 Å². The van der Waals surface area contributed by atoms with Crippen LogP contribution in [0.25, 0.3) is 0 Å². The second-order valence-corrected chi connectivity index (χ2v) is 3.15. The molecular weight excluding hydrogens is 189 g/mol. The first-order chi connectivity index (χ1) is 5.76. The zero-order valence-electron chi connectivity index (χ0n) is 7.14. The van der Waals surface area contributed by atoms with Gasteiger partial charge in [0.1, 0.15) is 11.7 Å². The fraction of sp³-hybridized carbons (Fsp3) is 0.857. The van der Waals surface area contributed by atoms with Gasteiger partial charge < -0.3 is 9.47 Å². The summed E-state index contributed by atoms with van der Waals surface area (Å²) < 4.78 is 44.1. The number of carbonyl (C=O) groups is 1. The van der Waals surface area contributed by atoms with Gasteiger partial charge in [-0.05, 0) is 13.8 Å². The van der Waals surface area contributed by atoms with Gasteiger partial charge in [-0.2, -0.15) is 13.2 Å². The molecule has 0 radical (unpaired) electrons. The average Bonchev–Trinajstić information content (AvgIpc) is 2.67. The lowest BCUT2D eigenvalue weighted by molar-refractivity contribution is -0.206. The van der Waals surface area contributed by atoms with Crippen LogP contribution in [0.3, 0.4) is 0 Å². The van der Waals surface area contributed by atoms with E-state index in [2.05, 4.69) is 4.74 Å². The van der Waals surface area contributed by atoms with Crippen LogP contribution in [0, 0.1) is 0 Å². The van der Waals surface area contributed by atoms with Crippen LogP contribution < -0.4 is 0 Å². The molecule has 1 saturated heterocycles. The molecule has 76 valence electrons. The van der Waals surface area contributed by atoms with Gasteiger partial charge in [0.05, 0.1) is 6.61 Å². The Kier molecular flexibility index (Phi) is 2.27. The molecule has 1 rings (SSSR count). The fourth-order valence-corrected chi connectivity index (χ4v) is 0.701. The van der Waals surface area contributed by atoms with Crippen molar-refractivity contribution in [1.82, 2.24) is 0 Å². The molecule has 0 N–H and O–H groups in total. The fourth-order valence-electron chi connectivity index (χ4n) is 0.701. The Balaban J connectivity index is 2.45. The lowest BCUT2D eigenvalue weighted by atomic mass is 10.1. The third kappa shape index (κ3) is 2.33. The van der Waals surface area contributed by atoms with E-state index in [1.807, 2.05) is 0 Å². The molecule has 2 atom stereocenters. The Morgan fingerprint density at radius 1 is 1.62 bits per heavy atom. The largest absolute Gasteiger partial charge is 0.490 e. The van der Waals surface area contributed by atoms with Gasteiger partial charge in [0.15, 0.2) is 0 Å². The molecule has 1 heterocycles. The second kappa shape index (κ2) is 2.87. The molecule has 0 aromatic rings. The highest BCUT2D eigenvalue weighted by atomic mass is 19.4. The van der Waals surface area contributed by atoms with Crippen molar-refractivity contribution >= 4 is 5.97 Å². The Bertz CT molecular complexity index is 220. The summed E-state index contributed by atoms with van der Waals surface area (Å²) in [6.45, 7) is 3.28. The summed E-state index contributed by atoms with van der Waals surface area (Å²) >= 11 is 0. The van der Waals surface area contributed by atoms with E-state index >= 15 is 0 Å². The van der Waals surface area contributed by atoms with Crippen molar-refractivity contribution in [2.24, 2.45) is 0 Å². The normalized spacial score (nSPS) is 29.6. The molecule has 0 aromatic heterocycles. The van der Waals surface area contributed by atoms with E-state index in [9.17, 15) is 18.0 Å². The highest BCUT2D eigenvalue weighted by Crippen LogP contribution is 2.32. The smallest absolute Gasteiger partial charge is 0.453 e. The third-order valence-electron chi connectivity index (χ3n) is 1.97. The van der Waals surface area contributed by atoms with E-state index < -0.39 is 23.9 Å². The van der Waals surface area contributed by atoms with Gasteiger partial charge in [0.25, 0.3) is 0 Å². The highest BCUT2D eigenvalue weighted by molar-refractivity contribution is 5.75. The molecule has 3 nitrogen and oxygen atoms in total. The van der Waals surface area contributed by atoms with Crippen molar-refractivity contribution < 1.29 is 27.4 Å². The number of esters is 1. The molecule has 13 heavy (non-hydrogen) atoms. The van der Waals surface area contributed by atoms with Crippen LogP contribution >= 0.6 is 0 Å². The number of carbonyl (C=O) groups excluding carboxylic acids is 1. The molecule has 0 aliphatic carbocycles. The number of hydrogen-bond acceptors (Lipinski definition) is 3. The minimum Gasteiger partial charge on any atom is -0.453 e. The van der Waals surface area contributed by atoms with E-state index in [0.29, 0.717) is 6.61 Å². The maximum Gasteiger partial charge on any atom is 0.490 e. The van der Waals surface area contributed by atoms with Crippen LogP contribution in [-0.4, -0.2) is 30.5 Å². The van der Waals surface area contributed by atoms with Crippen molar-refractivity contribution in [1.29, 1.82) is 0 Å². The van der Waals surface area contributed by atoms with Gasteiger partial charge in [-0.15, -0.1) is 0 Å². The van der Waals surface area contributed by atoms with Crippen LogP contribution in [0.4, 0.5) is 13.2 Å². The maximum absolute atomic E-state index is 11.7. The van der Waals surface area contributed by atoms with E-state index in [4.69, 9.17) is 4.74 Å². The summed E-state index contributed by atoms with van der Waals surface area (Å²) in [5.74, 6) is -2.17. The Hall–Kier alpha value is -0.780. The van der Waals surface area contributed by atoms with Crippen LogP contribution in [0.1, 0.15) is 13.8 Å². The van der Waals surface area contributed by atoms with Crippen molar-refractivity contribution in [2.75, 3.05) is 6.61 Å². The van der Waals surface area contributed by atoms with Crippen LogP contribution in [0.5, 0.6) is 0 Å². The first-order valence-electron chi connectivity index (χ1n) is 3.67. The molecule has 0 spiro atoms. The topological polar surface area (TPSA) is 38.8 Å². The van der Waals surface area contributed by atoms with Crippen LogP contribution in [-0.2, 0) is 14.3 Å². The minimum absolute atomic E-state index is 0.319. The number of halogens is 3. The predicted octanol–water partition coefficient (Wildman–Crippen LogP) is 1.27. The average molecular weight is 198 g/mol. The SMILES string of the molecule is C[C@@H](OC(=O)C(F)(F)F)[C@]1(C)CO1. The lowest BCUT2D eigenvalue weighted by Crippen LogP contribution is -2.35. The predicted molar refractivity (Wildman–Crippen MR) is 36.0 cm³/mol. The lowest BCUT2D eigenvalue weighted by Gasteiger charge is -2.17. The number of epoxide rings is 1. The molecular formula is C7H9F3O3. The number of alkyl halides is 3. The number of rotatable bonds is 2. The number of ether oxygens (including phenoxy) is 2. The van der Waals surface area contributed by atoms with Crippen LogP contribution in [0.15, 0.2) is 0 Å². The van der Waals surface area contributed by atoms with Crippen LogP contribution in [0.2, 0.25) is 0 Å². The minimum atomic E-state index is -4.93. The molecule has 0 saturated carbocycles. The monoisotopic (exact) mass is 198 g/mol. The van der Waals surface area contributed by atoms with E-state index in [-0.39, 0.29) is 0 Å². The highest BCUT2D eigenvalue weighted by Gasteiger charge is 2.50. The molecule has 0 amide bonds. The summed E-state index contributed by atoms with van der Waals surface area (Å²) in [4.78, 5) is 10.3. The van der Waals surface area contributed by atoms with Crippen molar-refractivity contribution in [2.45, 2.75) is 31.7 Å². The summed E-state index contributed by atoms with van der Waals surface area (Å²) in [6.07, 6.45) is -5.80. The molecule has 1 aliphatic rings. The van der Waals surface area contributed by atoms with E-state index in [1.54, 1.807) is 6.92 Å². The van der Waals surface area contributed by atoms with E-state index in [0.717, 1.165) is 0 Å². The standard InChI is InChI=1S/C7H9F3O3/c1-4(6(2)3-12-6)13-5(11)7(8,9)10/h4H,3H2,1-2H3/t4-,6+/m1/s1. The molecule has 0 bridgehead atoms. The first-order valence-corrected chi connectivity index (χ1v) is 3.67.